The monoisotopic (exact) mass is 391 g/mol. The number of amides is 1. The van der Waals surface area contributed by atoms with Gasteiger partial charge in [0, 0.05) is 7.05 Å². The van der Waals surface area contributed by atoms with Crippen LogP contribution in [0.1, 0.15) is 32.8 Å². The first-order valence-electron chi connectivity index (χ1n) is 7.70. The summed E-state index contributed by atoms with van der Waals surface area (Å²) in [7, 11) is 1.46. The number of carbonyl (C=O) groups excluding carboxylic acids is 1. The van der Waals surface area contributed by atoms with Gasteiger partial charge in [-0.15, -0.1) is 0 Å². The average Bonchev–Trinajstić information content (AvgIpc) is 2.45. The van der Waals surface area contributed by atoms with Crippen LogP contribution in [0.5, 0.6) is 0 Å². The summed E-state index contributed by atoms with van der Waals surface area (Å²) in [6, 6.07) is 4.13. The quantitative estimate of drug-likeness (QED) is 0.773. The molecule has 0 saturated heterocycles. The lowest BCUT2D eigenvalue weighted by atomic mass is 9.98. The number of nitrogens with zero attached hydrogens (tertiary/aromatic N) is 1. The first-order valence-corrected chi connectivity index (χ1v) is 8.46. The number of rotatable bonds is 6. The van der Waals surface area contributed by atoms with Gasteiger partial charge in [0.2, 0.25) is 0 Å². The summed E-state index contributed by atoms with van der Waals surface area (Å²) in [6.45, 7) is 5.17. The third-order valence-electron chi connectivity index (χ3n) is 3.44. The Kier molecular flexibility index (Phi) is 7.53. The number of aliphatic carboxylic acids is 1. The minimum absolute atomic E-state index is 0.196. The predicted octanol–water partition coefficient (Wildman–Crippen LogP) is 3.61. The molecule has 140 valence electrons. The van der Waals surface area contributed by atoms with E-state index < -0.39 is 36.2 Å². The molecule has 1 aromatic carbocycles. The molecule has 0 aliphatic heterocycles. The van der Waals surface area contributed by atoms with Crippen LogP contribution in [-0.4, -0.2) is 52.0 Å². The van der Waals surface area contributed by atoms with Crippen LogP contribution in [0.15, 0.2) is 18.2 Å². The summed E-state index contributed by atoms with van der Waals surface area (Å²) in [4.78, 5) is 24.5. The van der Waals surface area contributed by atoms with Gasteiger partial charge in [-0.2, -0.15) is 0 Å². The summed E-state index contributed by atoms with van der Waals surface area (Å²) in [5.41, 5.74) is -0.00345. The molecule has 0 bridgehead atoms. The maximum atomic E-state index is 12.3. The first kappa shape index (κ1) is 21.5. The second kappa shape index (κ2) is 8.74. The number of aliphatic hydroxyl groups is 1. The lowest BCUT2D eigenvalue weighted by molar-refractivity contribution is -0.140. The molecule has 0 saturated carbocycles. The standard InChI is InChI=1S/C17H23Cl2NO5/c1-17(2,3)25-16(24)20(4)13(14(21)9-15(22)23)8-10-5-6-11(18)12(19)7-10/h5-7,13-14,21H,8-9H2,1-4H3,(H,22,23)/t13-,14?/m1/s1. The molecule has 0 spiro atoms. The van der Waals surface area contributed by atoms with Gasteiger partial charge >= 0.3 is 12.1 Å². The zero-order chi connectivity index (χ0) is 19.4. The van der Waals surface area contributed by atoms with E-state index in [9.17, 15) is 14.7 Å². The van der Waals surface area contributed by atoms with Crippen LogP contribution in [-0.2, 0) is 16.0 Å². The Morgan fingerprint density at radius 2 is 1.84 bits per heavy atom. The van der Waals surface area contributed by atoms with Gasteiger partial charge in [-0.25, -0.2) is 4.79 Å². The van der Waals surface area contributed by atoms with Gasteiger partial charge in [0.15, 0.2) is 0 Å². The maximum Gasteiger partial charge on any atom is 0.410 e. The third kappa shape index (κ3) is 7.10. The summed E-state index contributed by atoms with van der Waals surface area (Å²) in [5.74, 6) is -1.16. The lowest BCUT2D eigenvalue weighted by Crippen LogP contribution is -2.48. The van der Waals surface area contributed by atoms with Gasteiger partial charge in [-0.05, 0) is 44.9 Å². The third-order valence-corrected chi connectivity index (χ3v) is 4.17. The predicted molar refractivity (Wildman–Crippen MR) is 96.2 cm³/mol. The van der Waals surface area contributed by atoms with Crippen molar-refractivity contribution in [3.63, 3.8) is 0 Å². The summed E-state index contributed by atoms with van der Waals surface area (Å²) in [5, 5.41) is 20.0. The van der Waals surface area contributed by atoms with Gasteiger partial charge in [-0.1, -0.05) is 29.3 Å². The fourth-order valence-corrected chi connectivity index (χ4v) is 2.54. The van der Waals surface area contributed by atoms with E-state index in [1.165, 1.54) is 11.9 Å². The SMILES string of the molecule is CN(C(=O)OC(C)(C)C)[C@H](Cc1ccc(Cl)c(Cl)c1)C(O)CC(=O)O. The Morgan fingerprint density at radius 1 is 1.24 bits per heavy atom. The molecule has 0 aliphatic rings. The van der Waals surface area contributed by atoms with Crippen molar-refractivity contribution in [3.8, 4) is 0 Å². The zero-order valence-corrected chi connectivity index (χ0v) is 16.1. The molecular formula is C17H23Cl2NO5. The van der Waals surface area contributed by atoms with Crippen LogP contribution < -0.4 is 0 Å². The van der Waals surface area contributed by atoms with E-state index in [0.29, 0.717) is 15.6 Å². The summed E-state index contributed by atoms with van der Waals surface area (Å²) >= 11 is 11.9. The molecule has 1 amide bonds. The highest BCUT2D eigenvalue weighted by molar-refractivity contribution is 6.42. The number of carboxylic acid groups (broad SMARTS) is 1. The van der Waals surface area contributed by atoms with E-state index >= 15 is 0 Å². The largest absolute Gasteiger partial charge is 0.481 e. The van der Waals surface area contributed by atoms with Crippen molar-refractivity contribution in [2.45, 2.75) is 51.4 Å². The molecule has 0 heterocycles. The normalized spacial score (nSPS) is 13.9. The highest BCUT2D eigenvalue weighted by Crippen LogP contribution is 2.25. The highest BCUT2D eigenvalue weighted by atomic mass is 35.5. The van der Waals surface area contributed by atoms with Crippen molar-refractivity contribution in [1.29, 1.82) is 0 Å². The van der Waals surface area contributed by atoms with Gasteiger partial charge in [-0.3, -0.25) is 4.79 Å². The molecule has 0 radical (unpaired) electrons. The average molecular weight is 392 g/mol. The smallest absolute Gasteiger partial charge is 0.410 e. The van der Waals surface area contributed by atoms with Gasteiger partial charge in [0.25, 0.3) is 0 Å². The molecule has 25 heavy (non-hydrogen) atoms. The first-order chi connectivity index (χ1) is 11.4. The van der Waals surface area contributed by atoms with Crippen molar-refractivity contribution in [1.82, 2.24) is 4.90 Å². The van der Waals surface area contributed by atoms with Crippen LogP contribution in [0.25, 0.3) is 0 Å². The Balaban J connectivity index is 3.04. The van der Waals surface area contributed by atoms with Crippen molar-refractivity contribution < 1.29 is 24.5 Å². The van der Waals surface area contributed by atoms with Crippen LogP contribution >= 0.6 is 23.2 Å². The van der Waals surface area contributed by atoms with E-state index in [4.69, 9.17) is 33.0 Å². The topological polar surface area (TPSA) is 87.1 Å². The Labute approximate surface area is 157 Å². The fourth-order valence-electron chi connectivity index (χ4n) is 2.22. The van der Waals surface area contributed by atoms with E-state index in [-0.39, 0.29) is 6.42 Å². The molecule has 2 N–H and O–H groups in total. The highest BCUT2D eigenvalue weighted by Gasteiger charge is 2.31. The second-order valence-corrected chi connectivity index (χ2v) is 7.59. The number of benzene rings is 1. The van der Waals surface area contributed by atoms with E-state index in [2.05, 4.69) is 0 Å². The van der Waals surface area contributed by atoms with Crippen LogP contribution in [0.2, 0.25) is 10.0 Å². The minimum Gasteiger partial charge on any atom is -0.481 e. The lowest BCUT2D eigenvalue weighted by Gasteiger charge is -2.33. The summed E-state index contributed by atoms with van der Waals surface area (Å²) < 4.78 is 5.30. The van der Waals surface area contributed by atoms with Crippen LogP contribution in [0.3, 0.4) is 0 Å². The van der Waals surface area contributed by atoms with E-state index in [1.807, 2.05) is 0 Å². The van der Waals surface area contributed by atoms with E-state index in [1.54, 1.807) is 39.0 Å². The minimum atomic E-state index is -1.27. The second-order valence-electron chi connectivity index (χ2n) is 6.78. The van der Waals surface area contributed by atoms with Crippen LogP contribution in [0.4, 0.5) is 4.79 Å². The number of hydrogen-bond acceptors (Lipinski definition) is 4. The van der Waals surface area contributed by atoms with Crippen molar-refractivity contribution in [3.05, 3.63) is 33.8 Å². The van der Waals surface area contributed by atoms with Gasteiger partial charge in [0.1, 0.15) is 5.60 Å². The number of carboxylic acids is 1. The van der Waals surface area contributed by atoms with Gasteiger partial charge in [0.05, 0.1) is 28.6 Å². The molecule has 0 aromatic heterocycles. The zero-order valence-electron chi connectivity index (χ0n) is 14.6. The molecule has 6 nitrogen and oxygen atoms in total. The molecule has 0 aliphatic carbocycles. The molecule has 1 rings (SSSR count). The van der Waals surface area contributed by atoms with Crippen molar-refractivity contribution in [2.24, 2.45) is 0 Å². The Bertz CT molecular complexity index is 630. The van der Waals surface area contributed by atoms with Crippen molar-refractivity contribution in [2.75, 3.05) is 7.05 Å². The number of aliphatic hydroxyl groups excluding tert-OH is 1. The van der Waals surface area contributed by atoms with Gasteiger partial charge < -0.3 is 19.8 Å². The number of carbonyl (C=O) groups is 2. The van der Waals surface area contributed by atoms with Crippen LogP contribution in [0, 0.1) is 0 Å². The molecule has 1 unspecified atom stereocenters. The summed E-state index contributed by atoms with van der Waals surface area (Å²) in [6.07, 6.45) is -2.23. The Morgan fingerprint density at radius 3 is 2.32 bits per heavy atom. The molecule has 1 aromatic rings. The number of likely N-dealkylation sites (N-methyl/N-ethyl adjacent to an activating group) is 1. The molecule has 8 heteroatoms. The molecule has 2 atom stereocenters. The van der Waals surface area contributed by atoms with E-state index in [0.717, 1.165) is 0 Å². The molecular weight excluding hydrogens is 369 g/mol. The maximum absolute atomic E-state index is 12.3. The van der Waals surface area contributed by atoms with Crippen molar-refractivity contribution >= 4 is 35.3 Å². The fraction of sp³-hybridized carbons (Fsp3) is 0.529. The molecule has 0 fully saturated rings. The Hall–Kier alpha value is -1.50. The number of hydrogen-bond donors (Lipinski definition) is 2. The number of halogens is 2. The number of ether oxygens (including phenoxy) is 1.